The standard InChI is InChI=1S/C21H26N4O3S2.ClH/c1-2-19-3-4-21(29-19)30(27,28)25-14-13-24(20(26)16-25)15-17-7-11-23(12-8-17)18-5-9-22-10-6-18;/h2-6,9-10,17H,1,7-8,11-16H2;1H. The maximum absolute atomic E-state index is 12.9. The molecule has 0 aromatic carbocycles. The van der Waals surface area contributed by atoms with Gasteiger partial charge in [-0.15, -0.1) is 23.7 Å². The first-order chi connectivity index (χ1) is 14.5. The molecule has 4 heterocycles. The first kappa shape index (κ1) is 23.7. The highest BCUT2D eigenvalue weighted by molar-refractivity contribution is 7.91. The molecule has 4 rings (SSSR count). The van der Waals surface area contributed by atoms with Crippen LogP contribution in [0.15, 0.2) is 47.4 Å². The van der Waals surface area contributed by atoms with Gasteiger partial charge in [0.25, 0.3) is 10.0 Å². The quantitative estimate of drug-likeness (QED) is 0.632. The number of piperidine rings is 1. The normalized spacial score (nSPS) is 18.6. The van der Waals surface area contributed by atoms with E-state index in [1.807, 2.05) is 29.4 Å². The van der Waals surface area contributed by atoms with Crippen molar-refractivity contribution in [2.45, 2.75) is 17.1 Å². The molecule has 2 saturated heterocycles. The van der Waals surface area contributed by atoms with Gasteiger partial charge in [0.15, 0.2) is 0 Å². The molecular weight excluding hydrogens is 456 g/mol. The van der Waals surface area contributed by atoms with Crippen LogP contribution < -0.4 is 4.90 Å². The number of anilines is 1. The molecular formula is C21H27ClN4O3S2. The SMILES string of the molecule is C=Cc1ccc(S(=O)(=O)N2CCN(CC3CCN(c4ccncc4)CC3)C(=O)C2)s1.Cl. The van der Waals surface area contributed by atoms with Gasteiger partial charge in [-0.05, 0) is 43.0 Å². The van der Waals surface area contributed by atoms with Crippen LogP contribution >= 0.6 is 23.7 Å². The number of hydrogen-bond acceptors (Lipinski definition) is 6. The molecule has 31 heavy (non-hydrogen) atoms. The number of thiophene rings is 1. The Hall–Kier alpha value is -1.94. The van der Waals surface area contributed by atoms with Crippen LogP contribution in [0.25, 0.3) is 6.08 Å². The van der Waals surface area contributed by atoms with Gasteiger partial charge in [-0.25, -0.2) is 8.42 Å². The zero-order valence-corrected chi connectivity index (χ0v) is 19.7. The first-order valence-electron chi connectivity index (χ1n) is 10.1. The highest BCUT2D eigenvalue weighted by Gasteiger charge is 2.34. The predicted octanol–water partition coefficient (Wildman–Crippen LogP) is 2.96. The minimum absolute atomic E-state index is 0. The molecule has 2 aliphatic rings. The fraction of sp³-hybridized carbons (Fsp3) is 0.429. The van der Waals surface area contributed by atoms with Gasteiger partial charge in [-0.2, -0.15) is 4.31 Å². The topological polar surface area (TPSA) is 73.8 Å². The van der Waals surface area contributed by atoms with Crippen molar-refractivity contribution in [3.63, 3.8) is 0 Å². The number of amides is 1. The molecule has 7 nitrogen and oxygen atoms in total. The van der Waals surface area contributed by atoms with E-state index in [1.165, 1.54) is 21.3 Å². The van der Waals surface area contributed by atoms with Crippen LogP contribution in [0, 0.1) is 5.92 Å². The maximum atomic E-state index is 12.9. The average molecular weight is 483 g/mol. The second-order valence-electron chi connectivity index (χ2n) is 7.68. The number of nitrogens with zero attached hydrogens (tertiary/aromatic N) is 4. The molecule has 0 bridgehead atoms. The van der Waals surface area contributed by atoms with Gasteiger partial charge in [0.1, 0.15) is 4.21 Å². The van der Waals surface area contributed by atoms with Crippen molar-refractivity contribution in [3.05, 3.63) is 48.1 Å². The van der Waals surface area contributed by atoms with Gasteiger partial charge in [-0.1, -0.05) is 12.7 Å². The van der Waals surface area contributed by atoms with E-state index < -0.39 is 10.0 Å². The zero-order chi connectivity index (χ0) is 21.1. The highest BCUT2D eigenvalue weighted by Crippen LogP contribution is 2.28. The number of carbonyl (C=O) groups excluding carboxylic acids is 1. The average Bonchev–Trinajstić information content (AvgIpc) is 3.26. The number of rotatable bonds is 6. The largest absolute Gasteiger partial charge is 0.371 e. The summed E-state index contributed by atoms with van der Waals surface area (Å²) in [6.07, 6.45) is 7.29. The van der Waals surface area contributed by atoms with E-state index in [0.29, 0.717) is 25.6 Å². The Morgan fingerprint density at radius 2 is 1.81 bits per heavy atom. The van der Waals surface area contributed by atoms with Crippen molar-refractivity contribution in [3.8, 4) is 0 Å². The van der Waals surface area contributed by atoms with Gasteiger partial charge in [0.05, 0.1) is 6.54 Å². The molecule has 168 valence electrons. The Labute approximate surface area is 193 Å². The summed E-state index contributed by atoms with van der Waals surface area (Å²) in [4.78, 5) is 21.7. The summed E-state index contributed by atoms with van der Waals surface area (Å²) in [6.45, 7) is 7.00. The van der Waals surface area contributed by atoms with Crippen molar-refractivity contribution < 1.29 is 13.2 Å². The summed E-state index contributed by atoms with van der Waals surface area (Å²) in [5.41, 5.74) is 1.19. The second kappa shape index (κ2) is 10.1. The van der Waals surface area contributed by atoms with Crippen molar-refractivity contribution in [1.29, 1.82) is 0 Å². The molecule has 2 aliphatic heterocycles. The lowest BCUT2D eigenvalue weighted by Gasteiger charge is -2.38. The molecule has 10 heteroatoms. The Morgan fingerprint density at radius 1 is 1.10 bits per heavy atom. The molecule has 1 amide bonds. The molecule has 0 aliphatic carbocycles. The smallest absolute Gasteiger partial charge is 0.253 e. The van der Waals surface area contributed by atoms with Crippen LogP contribution in [-0.4, -0.2) is 67.8 Å². The number of hydrogen-bond donors (Lipinski definition) is 0. The summed E-state index contributed by atoms with van der Waals surface area (Å²) in [6, 6.07) is 7.37. The van der Waals surface area contributed by atoms with Gasteiger partial charge in [0, 0.05) is 55.7 Å². The van der Waals surface area contributed by atoms with E-state index in [-0.39, 0.29) is 29.1 Å². The third kappa shape index (κ3) is 5.28. The van der Waals surface area contributed by atoms with Crippen molar-refractivity contribution in [1.82, 2.24) is 14.2 Å². The summed E-state index contributed by atoms with van der Waals surface area (Å²) in [5.74, 6) is 0.338. The lowest BCUT2D eigenvalue weighted by atomic mass is 9.95. The Balaban J connectivity index is 0.00000272. The lowest BCUT2D eigenvalue weighted by molar-refractivity contribution is -0.134. The van der Waals surface area contributed by atoms with Crippen molar-refractivity contribution in [2.24, 2.45) is 5.92 Å². The number of pyridine rings is 1. The maximum Gasteiger partial charge on any atom is 0.253 e. The second-order valence-corrected chi connectivity index (χ2v) is 11.0. The number of sulfonamides is 1. The van der Waals surface area contributed by atoms with Crippen LogP contribution in [0.3, 0.4) is 0 Å². The van der Waals surface area contributed by atoms with Crippen molar-refractivity contribution in [2.75, 3.05) is 44.2 Å². The number of piperazine rings is 1. The molecule has 0 atom stereocenters. The molecule has 0 radical (unpaired) electrons. The molecule has 0 spiro atoms. The minimum Gasteiger partial charge on any atom is -0.371 e. The van der Waals surface area contributed by atoms with Crippen LogP contribution in [0.5, 0.6) is 0 Å². The van der Waals surface area contributed by atoms with Gasteiger partial charge in [0.2, 0.25) is 5.91 Å². The Kier molecular flexibility index (Phi) is 7.74. The molecule has 2 aromatic rings. The monoisotopic (exact) mass is 482 g/mol. The molecule has 0 saturated carbocycles. The first-order valence-corrected chi connectivity index (χ1v) is 12.4. The van der Waals surface area contributed by atoms with Gasteiger partial charge in [-0.3, -0.25) is 9.78 Å². The summed E-state index contributed by atoms with van der Waals surface area (Å²) >= 11 is 1.18. The summed E-state index contributed by atoms with van der Waals surface area (Å²) < 4.78 is 27.3. The molecule has 2 fully saturated rings. The van der Waals surface area contributed by atoms with Crippen LogP contribution in [0.4, 0.5) is 5.69 Å². The Bertz CT molecular complexity index is 1000. The zero-order valence-electron chi connectivity index (χ0n) is 17.2. The summed E-state index contributed by atoms with van der Waals surface area (Å²) in [5, 5.41) is 0. The third-order valence-electron chi connectivity index (χ3n) is 5.80. The fourth-order valence-electron chi connectivity index (χ4n) is 4.04. The minimum atomic E-state index is -3.63. The summed E-state index contributed by atoms with van der Waals surface area (Å²) in [7, 11) is -3.63. The fourth-order valence-corrected chi connectivity index (χ4v) is 6.75. The van der Waals surface area contributed by atoms with Crippen LogP contribution in [0.2, 0.25) is 0 Å². The third-order valence-corrected chi connectivity index (χ3v) is 9.20. The molecule has 0 N–H and O–H groups in total. The van der Waals surface area contributed by atoms with Gasteiger partial charge < -0.3 is 9.80 Å². The van der Waals surface area contributed by atoms with E-state index in [2.05, 4.69) is 16.5 Å². The molecule has 2 aromatic heterocycles. The van der Waals surface area contributed by atoms with Crippen LogP contribution in [0.1, 0.15) is 17.7 Å². The Morgan fingerprint density at radius 3 is 2.42 bits per heavy atom. The lowest BCUT2D eigenvalue weighted by Crippen LogP contribution is -2.53. The number of aromatic nitrogens is 1. The molecule has 0 unspecified atom stereocenters. The van der Waals surface area contributed by atoms with Crippen molar-refractivity contribution >= 4 is 51.4 Å². The highest BCUT2D eigenvalue weighted by atomic mass is 35.5. The van der Waals surface area contributed by atoms with Crippen LogP contribution in [-0.2, 0) is 14.8 Å². The van der Waals surface area contributed by atoms with E-state index in [0.717, 1.165) is 30.8 Å². The van der Waals surface area contributed by atoms with Gasteiger partial charge >= 0.3 is 0 Å². The number of halogens is 1. The van der Waals surface area contributed by atoms with E-state index in [9.17, 15) is 13.2 Å². The number of carbonyl (C=O) groups is 1. The predicted molar refractivity (Wildman–Crippen MR) is 126 cm³/mol. The van der Waals surface area contributed by atoms with E-state index in [4.69, 9.17) is 0 Å². The van der Waals surface area contributed by atoms with E-state index >= 15 is 0 Å². The van der Waals surface area contributed by atoms with E-state index in [1.54, 1.807) is 18.2 Å².